The van der Waals surface area contributed by atoms with E-state index in [0.29, 0.717) is 43.2 Å². The Hall–Kier alpha value is -3.39. The normalized spacial score (nSPS) is 19.8. The SMILES string of the molecule is CN(C)CCCN1C(=O)C(=O)/C(=C(\O)c2ccc3c(c2)OCCO3)C1c1ccncc1. The quantitative estimate of drug-likeness (QED) is 0.433. The number of hydrogen-bond donors (Lipinski definition) is 1. The predicted octanol–water partition coefficient (Wildman–Crippen LogP) is 2.23. The van der Waals surface area contributed by atoms with Crippen molar-refractivity contribution in [2.45, 2.75) is 12.5 Å². The molecule has 0 spiro atoms. The van der Waals surface area contributed by atoms with E-state index in [-0.39, 0.29) is 11.3 Å². The average Bonchev–Trinajstić information content (AvgIpc) is 3.03. The van der Waals surface area contributed by atoms with Crippen molar-refractivity contribution in [3.63, 3.8) is 0 Å². The number of ketones is 1. The fraction of sp³-hybridized carbons (Fsp3) is 0.348. The first kappa shape index (κ1) is 20.9. The zero-order valence-corrected chi connectivity index (χ0v) is 17.6. The van der Waals surface area contributed by atoms with Crippen molar-refractivity contribution in [2.24, 2.45) is 0 Å². The van der Waals surface area contributed by atoms with Crippen molar-refractivity contribution in [2.75, 3.05) is 40.4 Å². The summed E-state index contributed by atoms with van der Waals surface area (Å²) in [6, 6.07) is 7.81. The van der Waals surface area contributed by atoms with Gasteiger partial charge in [-0.2, -0.15) is 0 Å². The molecule has 1 unspecified atom stereocenters. The number of benzene rings is 1. The van der Waals surface area contributed by atoms with Gasteiger partial charge in [0.15, 0.2) is 11.5 Å². The minimum Gasteiger partial charge on any atom is -0.507 e. The van der Waals surface area contributed by atoms with Crippen LogP contribution in [0.3, 0.4) is 0 Å². The maximum Gasteiger partial charge on any atom is 0.295 e. The second kappa shape index (κ2) is 8.77. The van der Waals surface area contributed by atoms with Crippen LogP contribution in [0, 0.1) is 0 Å². The minimum atomic E-state index is -0.695. The van der Waals surface area contributed by atoms with E-state index in [1.807, 2.05) is 19.0 Å². The predicted molar refractivity (Wildman–Crippen MR) is 114 cm³/mol. The molecule has 1 fully saturated rings. The van der Waals surface area contributed by atoms with Crippen molar-refractivity contribution in [3.8, 4) is 11.5 Å². The van der Waals surface area contributed by atoms with Crippen molar-refractivity contribution in [1.29, 1.82) is 0 Å². The van der Waals surface area contributed by atoms with Gasteiger partial charge >= 0.3 is 0 Å². The lowest BCUT2D eigenvalue weighted by molar-refractivity contribution is -0.139. The van der Waals surface area contributed by atoms with Crippen LogP contribution >= 0.6 is 0 Å². The summed E-state index contributed by atoms with van der Waals surface area (Å²) in [4.78, 5) is 33.5. The molecule has 8 heteroatoms. The van der Waals surface area contributed by atoms with Crippen LogP contribution in [0.2, 0.25) is 0 Å². The smallest absolute Gasteiger partial charge is 0.295 e. The zero-order chi connectivity index (χ0) is 22.0. The van der Waals surface area contributed by atoms with Crippen LogP contribution in [0.15, 0.2) is 48.3 Å². The summed E-state index contributed by atoms with van der Waals surface area (Å²) in [5.74, 6) is -0.459. The first-order chi connectivity index (χ1) is 15.0. The van der Waals surface area contributed by atoms with E-state index in [1.165, 1.54) is 4.90 Å². The van der Waals surface area contributed by atoms with E-state index >= 15 is 0 Å². The van der Waals surface area contributed by atoms with Gasteiger partial charge in [0, 0.05) is 24.5 Å². The third kappa shape index (κ3) is 4.11. The highest BCUT2D eigenvalue weighted by Crippen LogP contribution is 2.40. The van der Waals surface area contributed by atoms with Gasteiger partial charge in [-0.25, -0.2) is 0 Å². The Morgan fingerprint density at radius 3 is 2.55 bits per heavy atom. The van der Waals surface area contributed by atoms with Crippen LogP contribution < -0.4 is 9.47 Å². The number of aliphatic hydroxyl groups excluding tert-OH is 1. The highest BCUT2D eigenvalue weighted by molar-refractivity contribution is 6.46. The van der Waals surface area contributed by atoms with Gasteiger partial charge in [-0.05, 0) is 63.0 Å². The molecule has 31 heavy (non-hydrogen) atoms. The Balaban J connectivity index is 1.76. The molecule has 0 radical (unpaired) electrons. The van der Waals surface area contributed by atoms with Crippen LogP contribution in [-0.4, -0.2) is 72.0 Å². The van der Waals surface area contributed by atoms with Crippen molar-refractivity contribution in [1.82, 2.24) is 14.8 Å². The van der Waals surface area contributed by atoms with Crippen LogP contribution in [0.5, 0.6) is 11.5 Å². The van der Waals surface area contributed by atoms with E-state index in [2.05, 4.69) is 4.98 Å². The molecule has 1 saturated heterocycles. The summed E-state index contributed by atoms with van der Waals surface area (Å²) in [5.41, 5.74) is 1.19. The summed E-state index contributed by atoms with van der Waals surface area (Å²) in [6.45, 7) is 2.03. The molecule has 0 saturated carbocycles. The number of aromatic nitrogens is 1. The van der Waals surface area contributed by atoms with E-state index in [9.17, 15) is 14.7 Å². The Kier molecular flexibility index (Phi) is 5.90. The number of ether oxygens (including phenoxy) is 2. The summed E-state index contributed by atoms with van der Waals surface area (Å²) >= 11 is 0. The number of Topliss-reactive ketones (excluding diaryl/α,β-unsaturated/α-hetero) is 1. The highest BCUT2D eigenvalue weighted by Gasteiger charge is 2.45. The van der Waals surface area contributed by atoms with Gasteiger partial charge in [0.05, 0.1) is 11.6 Å². The maximum absolute atomic E-state index is 13.0. The number of nitrogens with zero attached hydrogens (tertiary/aromatic N) is 3. The van der Waals surface area contributed by atoms with Crippen molar-refractivity contribution in [3.05, 3.63) is 59.4 Å². The molecule has 1 N–H and O–H groups in total. The number of aliphatic hydroxyl groups is 1. The average molecular weight is 423 g/mol. The lowest BCUT2D eigenvalue weighted by Crippen LogP contribution is -2.32. The summed E-state index contributed by atoms with van der Waals surface area (Å²) in [7, 11) is 3.91. The van der Waals surface area contributed by atoms with E-state index < -0.39 is 17.7 Å². The zero-order valence-electron chi connectivity index (χ0n) is 17.6. The lowest BCUT2D eigenvalue weighted by Gasteiger charge is -2.26. The van der Waals surface area contributed by atoms with Gasteiger partial charge in [0.2, 0.25) is 0 Å². The molecule has 3 heterocycles. The fourth-order valence-electron chi connectivity index (χ4n) is 3.91. The van der Waals surface area contributed by atoms with Gasteiger partial charge in [-0.15, -0.1) is 0 Å². The minimum absolute atomic E-state index is 0.0673. The number of carbonyl (C=O) groups is 2. The van der Waals surface area contributed by atoms with Crippen LogP contribution in [-0.2, 0) is 9.59 Å². The number of pyridine rings is 1. The van der Waals surface area contributed by atoms with E-state index in [1.54, 1.807) is 42.7 Å². The number of fused-ring (bicyclic) bond motifs is 1. The maximum atomic E-state index is 13.0. The topological polar surface area (TPSA) is 92.2 Å². The molecule has 4 rings (SSSR count). The second-order valence-corrected chi connectivity index (χ2v) is 7.79. The largest absolute Gasteiger partial charge is 0.507 e. The standard InChI is InChI=1S/C23H25N3O5/c1-25(2)10-3-11-26-20(15-6-8-24-9-7-15)19(22(28)23(26)29)21(27)16-4-5-17-18(14-16)31-13-12-30-17/h4-9,14,20,27H,3,10-13H2,1-2H3/b21-19-. The van der Waals surface area contributed by atoms with Crippen LogP contribution in [0.25, 0.3) is 5.76 Å². The third-order valence-electron chi connectivity index (χ3n) is 5.38. The first-order valence-corrected chi connectivity index (χ1v) is 10.2. The Bertz CT molecular complexity index is 1020. The summed E-state index contributed by atoms with van der Waals surface area (Å²) < 4.78 is 11.1. The summed E-state index contributed by atoms with van der Waals surface area (Å²) in [6.07, 6.45) is 3.92. The monoisotopic (exact) mass is 423 g/mol. The lowest BCUT2D eigenvalue weighted by atomic mass is 9.95. The molecule has 2 aliphatic heterocycles. The second-order valence-electron chi connectivity index (χ2n) is 7.79. The molecular formula is C23H25N3O5. The molecule has 2 aromatic rings. The number of carbonyl (C=O) groups excluding carboxylic acids is 2. The molecule has 1 aromatic carbocycles. The number of amides is 1. The Morgan fingerprint density at radius 1 is 1.13 bits per heavy atom. The fourth-order valence-corrected chi connectivity index (χ4v) is 3.91. The molecular weight excluding hydrogens is 398 g/mol. The molecule has 0 bridgehead atoms. The highest BCUT2D eigenvalue weighted by atomic mass is 16.6. The summed E-state index contributed by atoms with van der Waals surface area (Å²) in [5, 5.41) is 11.1. The van der Waals surface area contributed by atoms with Crippen LogP contribution in [0.4, 0.5) is 0 Å². The Morgan fingerprint density at radius 2 is 1.84 bits per heavy atom. The number of hydrogen-bond acceptors (Lipinski definition) is 7. The molecule has 162 valence electrons. The molecule has 1 atom stereocenters. The van der Waals surface area contributed by atoms with Crippen LogP contribution in [0.1, 0.15) is 23.6 Å². The van der Waals surface area contributed by atoms with Gasteiger partial charge in [-0.3, -0.25) is 14.6 Å². The van der Waals surface area contributed by atoms with E-state index in [4.69, 9.17) is 9.47 Å². The van der Waals surface area contributed by atoms with Gasteiger partial charge < -0.3 is 24.4 Å². The van der Waals surface area contributed by atoms with E-state index in [0.717, 1.165) is 12.1 Å². The van der Waals surface area contributed by atoms with Gasteiger partial charge in [0.25, 0.3) is 11.7 Å². The molecule has 2 aliphatic rings. The third-order valence-corrected chi connectivity index (χ3v) is 5.38. The van der Waals surface area contributed by atoms with Crippen molar-refractivity contribution < 1.29 is 24.2 Å². The molecule has 0 aliphatic carbocycles. The molecule has 1 aromatic heterocycles. The van der Waals surface area contributed by atoms with Gasteiger partial charge in [-0.1, -0.05) is 0 Å². The molecule has 8 nitrogen and oxygen atoms in total. The molecule has 1 amide bonds. The van der Waals surface area contributed by atoms with Gasteiger partial charge in [0.1, 0.15) is 19.0 Å². The number of likely N-dealkylation sites (tertiary alicyclic amines) is 1. The Labute approximate surface area is 180 Å². The van der Waals surface area contributed by atoms with Crippen molar-refractivity contribution >= 4 is 17.4 Å². The number of rotatable bonds is 6. The first-order valence-electron chi connectivity index (χ1n) is 10.2.